The van der Waals surface area contributed by atoms with Gasteiger partial charge in [0.15, 0.2) is 0 Å². The van der Waals surface area contributed by atoms with E-state index in [1.807, 2.05) is 13.1 Å². The van der Waals surface area contributed by atoms with E-state index >= 15 is 0 Å². The van der Waals surface area contributed by atoms with E-state index in [1.54, 1.807) is 0 Å². The van der Waals surface area contributed by atoms with Crippen LogP contribution in [0, 0.1) is 19.8 Å². The number of esters is 1. The number of fused-ring (bicyclic) bond motifs is 3. The third-order valence-electron chi connectivity index (χ3n) is 7.30. The molecule has 33 heavy (non-hydrogen) atoms. The number of aryl methyl sites for hydroxylation is 4. The van der Waals surface area contributed by atoms with E-state index in [1.165, 1.54) is 33.3 Å². The molecule has 176 valence electrons. The molecule has 0 N–H and O–H groups in total. The van der Waals surface area contributed by atoms with E-state index < -0.39 is 0 Å². The van der Waals surface area contributed by atoms with Gasteiger partial charge in [0.05, 0.1) is 19.5 Å². The van der Waals surface area contributed by atoms with Gasteiger partial charge < -0.3 is 9.30 Å². The molecule has 0 spiro atoms. The molecule has 5 heteroatoms. The summed E-state index contributed by atoms with van der Waals surface area (Å²) in [7, 11) is 2.22. The second-order valence-corrected chi connectivity index (χ2v) is 10.0. The smallest absolute Gasteiger partial charge is 0.313 e. The molecule has 0 bridgehead atoms. The highest BCUT2D eigenvalue weighted by Crippen LogP contribution is 2.34. The van der Waals surface area contributed by atoms with Crippen LogP contribution < -0.4 is 0 Å². The number of ether oxygens (including phenoxy) is 1. The van der Waals surface area contributed by atoms with E-state index in [-0.39, 0.29) is 11.9 Å². The average molecular weight is 449 g/mol. The van der Waals surface area contributed by atoms with Crippen molar-refractivity contribution in [3.05, 3.63) is 64.6 Å². The molecule has 0 fully saturated rings. The van der Waals surface area contributed by atoms with Crippen LogP contribution in [0.3, 0.4) is 0 Å². The molecule has 1 aromatic carbocycles. The molecule has 3 heterocycles. The van der Waals surface area contributed by atoms with E-state index in [0.717, 1.165) is 55.5 Å². The number of rotatable bonds is 8. The number of carbonyl (C=O) groups excluding carboxylic acids is 1. The van der Waals surface area contributed by atoms with E-state index in [0.29, 0.717) is 6.73 Å². The van der Waals surface area contributed by atoms with Crippen LogP contribution in [0.5, 0.6) is 0 Å². The zero-order chi connectivity index (χ0) is 23.6. The van der Waals surface area contributed by atoms with Gasteiger partial charge in [0.1, 0.15) is 6.54 Å². The number of hydrogen-bond acceptors (Lipinski definition) is 3. The lowest BCUT2D eigenvalue weighted by molar-refractivity contribution is -0.940. The van der Waals surface area contributed by atoms with Gasteiger partial charge in [-0.05, 0) is 56.9 Å². The zero-order valence-electron chi connectivity index (χ0n) is 20.9. The quantitative estimate of drug-likeness (QED) is 0.345. The molecule has 1 unspecified atom stereocenters. The minimum atomic E-state index is -0.0462. The second-order valence-electron chi connectivity index (χ2n) is 10.0. The third kappa shape index (κ3) is 4.98. The Bertz CT molecular complexity index is 1130. The molecular formula is C28H38N3O2+. The molecule has 0 amide bonds. The van der Waals surface area contributed by atoms with Crippen molar-refractivity contribution >= 4 is 16.9 Å². The van der Waals surface area contributed by atoms with Crippen LogP contribution in [0.25, 0.3) is 10.9 Å². The highest BCUT2D eigenvalue weighted by Gasteiger charge is 2.34. The summed E-state index contributed by atoms with van der Waals surface area (Å²) in [6.45, 7) is 11.6. The van der Waals surface area contributed by atoms with Crippen molar-refractivity contribution in [2.24, 2.45) is 5.92 Å². The van der Waals surface area contributed by atoms with Gasteiger partial charge in [0.2, 0.25) is 6.73 Å². The predicted octanol–water partition coefficient (Wildman–Crippen LogP) is 5.34. The first-order chi connectivity index (χ1) is 15.8. The number of aromatic nitrogens is 2. The lowest BCUT2D eigenvalue weighted by Crippen LogP contribution is -2.49. The van der Waals surface area contributed by atoms with Crippen molar-refractivity contribution in [2.45, 2.75) is 66.5 Å². The maximum Gasteiger partial charge on any atom is 0.313 e. The first-order valence-electron chi connectivity index (χ1n) is 12.4. The molecule has 0 saturated carbocycles. The minimum absolute atomic E-state index is 0.0118. The van der Waals surface area contributed by atoms with Crippen LogP contribution in [0.15, 0.2) is 36.5 Å². The Morgan fingerprint density at radius 3 is 2.67 bits per heavy atom. The lowest BCUT2D eigenvalue weighted by Gasteiger charge is -2.37. The van der Waals surface area contributed by atoms with Crippen LogP contribution >= 0.6 is 0 Å². The summed E-state index contributed by atoms with van der Waals surface area (Å²) in [6, 6.07) is 11.1. The highest BCUT2D eigenvalue weighted by molar-refractivity contribution is 5.86. The molecule has 0 aliphatic carbocycles. The topological polar surface area (TPSA) is 44.1 Å². The maximum absolute atomic E-state index is 12.5. The lowest BCUT2D eigenvalue weighted by atomic mass is 10.0. The highest BCUT2D eigenvalue weighted by atomic mass is 16.5. The van der Waals surface area contributed by atoms with Gasteiger partial charge in [-0.15, -0.1) is 0 Å². The van der Waals surface area contributed by atoms with Crippen molar-refractivity contribution in [3.63, 3.8) is 0 Å². The van der Waals surface area contributed by atoms with Crippen LogP contribution in [-0.4, -0.2) is 40.3 Å². The summed E-state index contributed by atoms with van der Waals surface area (Å²) in [5, 5.41) is 1.35. The number of nitrogens with zero attached hydrogens (tertiary/aromatic N) is 3. The summed E-state index contributed by atoms with van der Waals surface area (Å²) in [5.41, 5.74) is 7.78. The Morgan fingerprint density at radius 1 is 1.18 bits per heavy atom. The summed E-state index contributed by atoms with van der Waals surface area (Å²) < 4.78 is 9.08. The van der Waals surface area contributed by atoms with Crippen molar-refractivity contribution < 1.29 is 14.0 Å². The van der Waals surface area contributed by atoms with E-state index in [2.05, 4.69) is 67.7 Å². The van der Waals surface area contributed by atoms with Crippen LogP contribution in [0.4, 0.5) is 0 Å². The van der Waals surface area contributed by atoms with Crippen molar-refractivity contribution in [1.82, 2.24) is 9.55 Å². The molecule has 2 aromatic heterocycles. The number of likely N-dealkylation sites (N-methyl/N-ethyl adjacent to an activating group) is 1. The molecule has 3 aromatic rings. The van der Waals surface area contributed by atoms with Crippen molar-refractivity contribution in [2.75, 3.05) is 20.3 Å². The first kappa shape index (κ1) is 23.5. The van der Waals surface area contributed by atoms with Crippen LogP contribution in [0.2, 0.25) is 0 Å². The Balaban J connectivity index is 1.59. The fourth-order valence-electron chi connectivity index (χ4n) is 5.10. The minimum Gasteiger partial charge on any atom is -0.415 e. The normalized spacial score (nSPS) is 18.0. The molecule has 1 aliphatic rings. The SMILES string of the molecule is CCC(CC)C(=O)OC[N+]1(C)CCc2c(c3cc(C)ccc3n2CCc2ccc(C)nc2)C1. The molecule has 1 aliphatic heterocycles. The summed E-state index contributed by atoms with van der Waals surface area (Å²) >= 11 is 0. The predicted molar refractivity (Wildman–Crippen MR) is 133 cm³/mol. The van der Waals surface area contributed by atoms with Crippen molar-refractivity contribution in [3.8, 4) is 0 Å². The van der Waals surface area contributed by atoms with Gasteiger partial charge >= 0.3 is 5.97 Å². The van der Waals surface area contributed by atoms with Gasteiger partial charge in [0, 0.05) is 47.0 Å². The van der Waals surface area contributed by atoms with Crippen molar-refractivity contribution in [1.29, 1.82) is 0 Å². The summed E-state index contributed by atoms with van der Waals surface area (Å²) in [4.78, 5) is 17.0. The Labute approximate surface area is 198 Å². The molecule has 0 radical (unpaired) electrons. The third-order valence-corrected chi connectivity index (χ3v) is 7.30. The molecule has 1 atom stereocenters. The van der Waals surface area contributed by atoms with Crippen LogP contribution in [0.1, 0.15) is 54.8 Å². The van der Waals surface area contributed by atoms with E-state index in [9.17, 15) is 4.79 Å². The van der Waals surface area contributed by atoms with Gasteiger partial charge in [-0.1, -0.05) is 31.5 Å². The number of carbonyl (C=O) groups is 1. The standard InChI is InChI=1S/C28H38N3O2/c1-6-23(7-2)28(32)33-19-31(5)15-13-27-25(18-31)24-16-20(3)8-11-26(24)30(27)14-12-22-10-9-21(4)29-17-22/h8-11,16-17,23H,6-7,12-15,18-19H2,1-5H3/q+1. The number of hydrogen-bond donors (Lipinski definition) is 0. The van der Waals surface area contributed by atoms with E-state index in [4.69, 9.17) is 4.74 Å². The Hall–Kier alpha value is -2.66. The Kier molecular flexibility index (Phi) is 6.89. The maximum atomic E-state index is 12.5. The number of pyridine rings is 1. The van der Waals surface area contributed by atoms with Crippen LogP contribution in [-0.2, 0) is 35.5 Å². The van der Waals surface area contributed by atoms with Gasteiger partial charge in [0.25, 0.3) is 0 Å². The summed E-state index contributed by atoms with van der Waals surface area (Å²) in [5.74, 6) is -0.0343. The molecule has 0 saturated heterocycles. The molecule has 4 rings (SSSR count). The van der Waals surface area contributed by atoms with Gasteiger partial charge in [-0.3, -0.25) is 14.3 Å². The number of benzene rings is 1. The zero-order valence-corrected chi connectivity index (χ0v) is 20.9. The second kappa shape index (κ2) is 9.68. The fourth-order valence-corrected chi connectivity index (χ4v) is 5.10. The first-order valence-corrected chi connectivity index (χ1v) is 12.4. The van der Waals surface area contributed by atoms with Gasteiger partial charge in [-0.2, -0.15) is 0 Å². The Morgan fingerprint density at radius 2 is 1.97 bits per heavy atom. The molecule has 5 nitrogen and oxygen atoms in total. The van der Waals surface area contributed by atoms with Gasteiger partial charge in [-0.25, -0.2) is 0 Å². The average Bonchev–Trinajstić information content (AvgIpc) is 3.10. The fraction of sp³-hybridized carbons (Fsp3) is 0.500. The summed E-state index contributed by atoms with van der Waals surface area (Å²) in [6.07, 6.45) is 5.64. The molecular weight excluding hydrogens is 410 g/mol. The monoisotopic (exact) mass is 448 g/mol. The number of quaternary nitrogens is 1. The largest absolute Gasteiger partial charge is 0.415 e.